The Morgan fingerprint density at radius 1 is 1.37 bits per heavy atom. The summed E-state index contributed by atoms with van der Waals surface area (Å²) in [6.45, 7) is 1.58. The number of amides is 1. The van der Waals surface area contributed by atoms with E-state index in [9.17, 15) is 14.3 Å². The molecule has 0 radical (unpaired) electrons. The number of benzene rings is 1. The predicted molar refractivity (Wildman–Crippen MR) is 95.3 cm³/mol. The third-order valence-corrected chi connectivity index (χ3v) is 4.41. The average Bonchev–Trinajstić information content (AvgIpc) is 3.08. The van der Waals surface area contributed by atoms with Crippen molar-refractivity contribution in [1.29, 1.82) is 0 Å². The Morgan fingerprint density at radius 3 is 3.04 bits per heavy atom. The number of aromatic nitrogens is 3. The molecule has 0 aliphatic carbocycles. The van der Waals surface area contributed by atoms with Gasteiger partial charge in [0.1, 0.15) is 29.6 Å². The molecule has 0 saturated heterocycles. The summed E-state index contributed by atoms with van der Waals surface area (Å²) in [5, 5.41) is 19.6. The Kier molecular flexibility index (Phi) is 4.36. The number of aliphatic hydroxyl groups is 1. The molecule has 1 aromatic carbocycles. The maximum atomic E-state index is 13.8. The summed E-state index contributed by atoms with van der Waals surface area (Å²) in [6.07, 6.45) is 3.10. The van der Waals surface area contributed by atoms with Crippen molar-refractivity contribution in [3.8, 4) is 5.75 Å². The highest BCUT2D eigenvalue weighted by atomic mass is 19.1. The summed E-state index contributed by atoms with van der Waals surface area (Å²) in [5.74, 6) is 0.179. The summed E-state index contributed by atoms with van der Waals surface area (Å²) in [7, 11) is 0. The largest absolute Gasteiger partial charge is 0.491 e. The van der Waals surface area contributed by atoms with Gasteiger partial charge in [-0.1, -0.05) is 0 Å². The zero-order chi connectivity index (χ0) is 19.0. The molecule has 1 amide bonds. The Hall–Kier alpha value is -3.20. The van der Waals surface area contributed by atoms with Crippen LogP contribution in [0.2, 0.25) is 0 Å². The number of carbonyl (C=O) groups is 1. The minimum Gasteiger partial charge on any atom is -0.491 e. The lowest BCUT2D eigenvalue weighted by Crippen LogP contribution is -2.41. The second-order valence-electron chi connectivity index (χ2n) is 6.35. The molecule has 3 N–H and O–H groups in total. The fourth-order valence-electron chi connectivity index (χ4n) is 2.99. The molecule has 3 aromatic rings. The molecule has 0 saturated carbocycles. The number of nitrogens with zero attached hydrogens (tertiary/aromatic N) is 3. The first-order valence-electron chi connectivity index (χ1n) is 8.50. The number of carbonyl (C=O) groups excluding carboxylic acids is 1. The normalized spacial score (nSPS) is 19.9. The fourth-order valence-corrected chi connectivity index (χ4v) is 2.99. The summed E-state index contributed by atoms with van der Waals surface area (Å²) >= 11 is 0. The van der Waals surface area contributed by atoms with Gasteiger partial charge in [0, 0.05) is 11.8 Å². The lowest BCUT2D eigenvalue weighted by molar-refractivity contribution is 0.0890. The van der Waals surface area contributed by atoms with Crippen molar-refractivity contribution in [3.05, 3.63) is 53.6 Å². The highest BCUT2D eigenvalue weighted by Crippen LogP contribution is 2.29. The first-order valence-corrected chi connectivity index (χ1v) is 8.50. The maximum Gasteiger partial charge on any atom is 0.257 e. The number of aliphatic hydroxyl groups excluding tert-OH is 1. The highest BCUT2D eigenvalue weighted by Gasteiger charge is 2.21. The van der Waals surface area contributed by atoms with E-state index in [0.29, 0.717) is 22.8 Å². The third-order valence-electron chi connectivity index (χ3n) is 4.41. The van der Waals surface area contributed by atoms with Gasteiger partial charge in [0.05, 0.1) is 24.9 Å². The van der Waals surface area contributed by atoms with Crippen LogP contribution in [0.1, 0.15) is 28.9 Å². The van der Waals surface area contributed by atoms with Crippen molar-refractivity contribution in [3.63, 3.8) is 0 Å². The van der Waals surface area contributed by atoms with Gasteiger partial charge < -0.3 is 20.5 Å². The van der Waals surface area contributed by atoms with Crippen LogP contribution < -0.4 is 15.4 Å². The van der Waals surface area contributed by atoms with Crippen molar-refractivity contribution in [1.82, 2.24) is 19.9 Å². The van der Waals surface area contributed by atoms with E-state index in [1.165, 1.54) is 28.9 Å². The molecule has 4 rings (SSSR count). The van der Waals surface area contributed by atoms with E-state index in [4.69, 9.17) is 4.74 Å². The minimum absolute atomic E-state index is 0.0308. The third kappa shape index (κ3) is 3.28. The molecule has 3 heterocycles. The van der Waals surface area contributed by atoms with E-state index in [0.717, 1.165) is 0 Å². The van der Waals surface area contributed by atoms with Crippen molar-refractivity contribution in [2.75, 3.05) is 18.5 Å². The van der Waals surface area contributed by atoms with Gasteiger partial charge in [-0.2, -0.15) is 5.10 Å². The zero-order valence-corrected chi connectivity index (χ0v) is 14.5. The zero-order valence-electron chi connectivity index (χ0n) is 14.5. The van der Waals surface area contributed by atoms with Gasteiger partial charge in [-0.25, -0.2) is 13.9 Å². The Labute approximate surface area is 154 Å². The number of hydrogen-bond acceptors (Lipinski definition) is 6. The van der Waals surface area contributed by atoms with Crippen LogP contribution in [-0.4, -0.2) is 44.9 Å². The molecule has 2 atom stereocenters. The van der Waals surface area contributed by atoms with Crippen LogP contribution in [0.25, 0.3) is 5.65 Å². The number of fused-ring (bicyclic) bond motifs is 2. The molecule has 140 valence electrons. The number of anilines is 1. The topological polar surface area (TPSA) is 101 Å². The molecule has 0 fully saturated rings. The van der Waals surface area contributed by atoms with Crippen LogP contribution in [0.15, 0.2) is 36.7 Å². The fraction of sp³-hybridized carbons (Fsp3) is 0.278. The van der Waals surface area contributed by atoms with Crippen LogP contribution in [0.4, 0.5) is 10.2 Å². The molecular formula is C18H18FN5O3. The molecule has 27 heavy (non-hydrogen) atoms. The van der Waals surface area contributed by atoms with E-state index in [2.05, 4.69) is 20.7 Å². The van der Waals surface area contributed by atoms with Gasteiger partial charge in [-0.15, -0.1) is 0 Å². The predicted octanol–water partition coefficient (Wildman–Crippen LogP) is 1.52. The van der Waals surface area contributed by atoms with Gasteiger partial charge >= 0.3 is 0 Å². The average molecular weight is 371 g/mol. The van der Waals surface area contributed by atoms with E-state index in [1.54, 1.807) is 12.3 Å². The molecule has 0 unspecified atom stereocenters. The summed E-state index contributed by atoms with van der Waals surface area (Å²) in [4.78, 5) is 17.0. The molecule has 2 aromatic heterocycles. The monoisotopic (exact) mass is 371 g/mol. The summed E-state index contributed by atoms with van der Waals surface area (Å²) in [6, 6.07) is 4.99. The molecule has 8 nitrogen and oxygen atoms in total. The van der Waals surface area contributed by atoms with Crippen molar-refractivity contribution in [2.45, 2.75) is 19.0 Å². The van der Waals surface area contributed by atoms with E-state index in [1.807, 2.05) is 6.92 Å². The van der Waals surface area contributed by atoms with E-state index < -0.39 is 11.9 Å². The van der Waals surface area contributed by atoms with E-state index in [-0.39, 0.29) is 30.6 Å². The Balaban J connectivity index is 1.82. The maximum absolute atomic E-state index is 13.8. The summed E-state index contributed by atoms with van der Waals surface area (Å²) < 4.78 is 21.1. The number of rotatable bonds is 1. The van der Waals surface area contributed by atoms with Crippen LogP contribution in [0, 0.1) is 5.82 Å². The lowest BCUT2D eigenvalue weighted by atomic mass is 10.1. The van der Waals surface area contributed by atoms with Crippen molar-refractivity contribution >= 4 is 17.4 Å². The summed E-state index contributed by atoms with van der Waals surface area (Å²) in [5.41, 5.74) is 1.27. The van der Waals surface area contributed by atoms with Gasteiger partial charge in [0.15, 0.2) is 5.65 Å². The molecule has 1 aliphatic heterocycles. The van der Waals surface area contributed by atoms with Gasteiger partial charge in [-0.05, 0) is 31.2 Å². The second-order valence-corrected chi connectivity index (χ2v) is 6.35. The molecule has 2 bridgehead atoms. The number of nitrogens with one attached hydrogen (secondary N) is 2. The standard InChI is InChI=1S/C18H18FN5O3/c1-10-13-6-11(19)2-3-15(13)27-9-12(8-25)22-18(26)14-7-20-24-5-4-16(21-10)23-17(14)24/h2-7,10,12,25H,8-9H2,1H3,(H,21,23)(H,22,26)/t10-,12-/m1/s1. The van der Waals surface area contributed by atoms with Crippen LogP contribution in [0.5, 0.6) is 5.75 Å². The van der Waals surface area contributed by atoms with Gasteiger partial charge in [0.2, 0.25) is 0 Å². The minimum atomic E-state index is -0.641. The lowest BCUT2D eigenvalue weighted by Gasteiger charge is -2.21. The first kappa shape index (κ1) is 17.2. The van der Waals surface area contributed by atoms with Crippen LogP contribution in [-0.2, 0) is 0 Å². The first-order chi connectivity index (χ1) is 13.0. The quantitative estimate of drug-likeness (QED) is 0.600. The second kappa shape index (κ2) is 6.84. The Bertz CT molecular complexity index is 1010. The Morgan fingerprint density at radius 2 is 2.22 bits per heavy atom. The number of hydrogen-bond donors (Lipinski definition) is 3. The van der Waals surface area contributed by atoms with Crippen molar-refractivity contribution in [2.24, 2.45) is 0 Å². The number of ether oxygens (including phenoxy) is 1. The molecule has 0 spiro atoms. The van der Waals surface area contributed by atoms with Crippen molar-refractivity contribution < 1.29 is 19.0 Å². The van der Waals surface area contributed by atoms with Gasteiger partial charge in [0.25, 0.3) is 5.91 Å². The molecule has 9 heteroatoms. The smallest absolute Gasteiger partial charge is 0.257 e. The molecule has 1 aliphatic rings. The van der Waals surface area contributed by atoms with Gasteiger partial charge in [-0.3, -0.25) is 4.79 Å². The highest BCUT2D eigenvalue weighted by molar-refractivity contribution is 5.99. The van der Waals surface area contributed by atoms with E-state index >= 15 is 0 Å². The number of halogens is 1. The SMILES string of the molecule is C[C@H]1Nc2ccn3ncc(c3n2)C(=O)N[C@H](CO)COc2ccc(F)cc21. The van der Waals surface area contributed by atoms with Crippen LogP contribution >= 0.6 is 0 Å². The van der Waals surface area contributed by atoms with Crippen LogP contribution in [0.3, 0.4) is 0 Å². The molecular weight excluding hydrogens is 353 g/mol.